The number of aliphatic imine (C=N–C) groups is 1. The molecule has 0 aromatic heterocycles. The molecule has 0 radical (unpaired) electrons. The minimum Gasteiger partial charge on any atom is -0.356 e. The lowest BCUT2D eigenvalue weighted by Gasteiger charge is -2.30. The van der Waals surface area contributed by atoms with E-state index in [1.165, 1.54) is 0 Å². The molecule has 0 fully saturated rings. The number of hydrogen-bond acceptors (Lipinski definition) is 4. The minimum absolute atomic E-state index is 0.300. The van der Waals surface area contributed by atoms with E-state index < -0.39 is 0 Å². The molecule has 0 saturated carbocycles. The van der Waals surface area contributed by atoms with E-state index >= 15 is 0 Å². The molecule has 1 aliphatic rings. The number of hydrogen-bond donors (Lipinski definition) is 2. The van der Waals surface area contributed by atoms with Crippen LogP contribution >= 0.6 is 11.8 Å². The van der Waals surface area contributed by atoms with Gasteiger partial charge in [0.2, 0.25) is 0 Å². The highest BCUT2D eigenvalue weighted by molar-refractivity contribution is 7.98. The van der Waals surface area contributed by atoms with E-state index in [0.29, 0.717) is 11.5 Å². The molecule has 1 atom stereocenters. The van der Waals surface area contributed by atoms with Crippen molar-refractivity contribution in [3.05, 3.63) is 0 Å². The summed E-state index contributed by atoms with van der Waals surface area (Å²) in [5, 5.41) is 6.70. The van der Waals surface area contributed by atoms with E-state index in [1.54, 1.807) is 0 Å². The van der Waals surface area contributed by atoms with Gasteiger partial charge in [0.1, 0.15) is 0 Å². The molecule has 1 aliphatic heterocycles. The van der Waals surface area contributed by atoms with Crippen LogP contribution in [0.1, 0.15) is 20.8 Å². The zero-order valence-electron chi connectivity index (χ0n) is 9.55. The summed E-state index contributed by atoms with van der Waals surface area (Å²) in [6, 6.07) is 0.484. The molecule has 0 spiro atoms. The van der Waals surface area contributed by atoms with Crippen molar-refractivity contribution in [1.82, 2.24) is 10.6 Å². The summed E-state index contributed by atoms with van der Waals surface area (Å²) < 4.78 is 0. The van der Waals surface area contributed by atoms with Crippen LogP contribution in [-0.4, -0.2) is 37.1 Å². The van der Waals surface area contributed by atoms with Gasteiger partial charge in [0.05, 0.1) is 0 Å². The quantitative estimate of drug-likeness (QED) is 0.745. The van der Waals surface area contributed by atoms with Crippen LogP contribution in [-0.2, 0) is 0 Å². The molecular weight excluding hydrogens is 194 g/mol. The van der Waals surface area contributed by atoms with Gasteiger partial charge in [0, 0.05) is 30.3 Å². The third-order valence-electron chi connectivity index (χ3n) is 2.20. The second-order valence-corrected chi connectivity index (χ2v) is 5.59. The maximum absolute atomic E-state index is 4.49. The summed E-state index contributed by atoms with van der Waals surface area (Å²) in [5.41, 5.74) is 0.300. The van der Waals surface area contributed by atoms with E-state index in [-0.39, 0.29) is 0 Å². The van der Waals surface area contributed by atoms with Crippen LogP contribution in [0.25, 0.3) is 0 Å². The summed E-state index contributed by atoms with van der Waals surface area (Å²) in [5.74, 6) is 2.08. The Kier molecular flexibility index (Phi) is 4.11. The summed E-state index contributed by atoms with van der Waals surface area (Å²) >= 11 is 1.85. The van der Waals surface area contributed by atoms with Crippen molar-refractivity contribution >= 4 is 17.7 Å². The lowest BCUT2D eigenvalue weighted by Crippen LogP contribution is -2.50. The standard InChI is InChI=1S/C10H21N3S/c1-8(5-14-4)13-9-11-6-10(2,3)7-12-9/h8H,5-7H2,1-4H3,(H2,11,12,13). The average Bonchev–Trinajstić information content (AvgIpc) is 2.09. The summed E-state index contributed by atoms with van der Waals surface area (Å²) in [6.07, 6.45) is 2.12. The van der Waals surface area contributed by atoms with Crippen molar-refractivity contribution in [2.45, 2.75) is 26.8 Å². The highest BCUT2D eigenvalue weighted by atomic mass is 32.2. The van der Waals surface area contributed by atoms with Gasteiger partial charge in [0.15, 0.2) is 5.96 Å². The van der Waals surface area contributed by atoms with E-state index in [1.807, 2.05) is 11.8 Å². The van der Waals surface area contributed by atoms with Gasteiger partial charge in [-0.2, -0.15) is 11.8 Å². The SMILES string of the molecule is CSCC(C)NC1=NCC(C)(C)CN1. The molecule has 0 amide bonds. The Bertz CT molecular complexity index is 213. The number of thioether (sulfide) groups is 1. The molecule has 0 saturated heterocycles. The van der Waals surface area contributed by atoms with Crippen LogP contribution < -0.4 is 10.6 Å². The predicted octanol–water partition coefficient (Wildman–Crippen LogP) is 1.31. The topological polar surface area (TPSA) is 36.4 Å². The van der Waals surface area contributed by atoms with Gasteiger partial charge in [-0.25, -0.2) is 0 Å². The third-order valence-corrected chi connectivity index (χ3v) is 3.03. The molecule has 0 aromatic rings. The Morgan fingerprint density at radius 2 is 2.36 bits per heavy atom. The zero-order valence-corrected chi connectivity index (χ0v) is 10.4. The van der Waals surface area contributed by atoms with Crippen molar-refractivity contribution < 1.29 is 0 Å². The molecule has 14 heavy (non-hydrogen) atoms. The second kappa shape index (κ2) is 4.91. The molecular formula is C10H21N3S. The van der Waals surface area contributed by atoms with Crippen molar-refractivity contribution in [1.29, 1.82) is 0 Å². The van der Waals surface area contributed by atoms with Crippen molar-refractivity contribution in [3.8, 4) is 0 Å². The predicted molar refractivity (Wildman–Crippen MR) is 65.1 cm³/mol. The van der Waals surface area contributed by atoms with E-state index in [0.717, 1.165) is 24.8 Å². The van der Waals surface area contributed by atoms with Crippen molar-refractivity contribution in [2.24, 2.45) is 10.4 Å². The fraction of sp³-hybridized carbons (Fsp3) is 0.900. The van der Waals surface area contributed by atoms with Gasteiger partial charge in [-0.1, -0.05) is 13.8 Å². The highest BCUT2D eigenvalue weighted by Crippen LogP contribution is 2.16. The van der Waals surface area contributed by atoms with Gasteiger partial charge in [-0.3, -0.25) is 4.99 Å². The Balaban J connectivity index is 2.37. The summed E-state index contributed by atoms with van der Waals surface area (Å²) in [6.45, 7) is 8.55. The van der Waals surface area contributed by atoms with Gasteiger partial charge in [-0.15, -0.1) is 0 Å². The maximum atomic E-state index is 4.49. The third kappa shape index (κ3) is 3.78. The van der Waals surface area contributed by atoms with Gasteiger partial charge in [0.25, 0.3) is 0 Å². The minimum atomic E-state index is 0.300. The molecule has 0 bridgehead atoms. The molecule has 1 unspecified atom stereocenters. The number of guanidine groups is 1. The first-order chi connectivity index (χ1) is 6.53. The lowest BCUT2D eigenvalue weighted by molar-refractivity contribution is 0.357. The number of nitrogens with one attached hydrogen (secondary N) is 2. The molecule has 1 heterocycles. The van der Waals surface area contributed by atoms with Gasteiger partial charge in [-0.05, 0) is 13.2 Å². The average molecular weight is 215 g/mol. The summed E-state index contributed by atoms with van der Waals surface area (Å²) in [4.78, 5) is 4.49. The number of rotatable bonds is 3. The molecule has 1 rings (SSSR count). The number of nitrogens with zero attached hydrogens (tertiary/aromatic N) is 1. The van der Waals surface area contributed by atoms with Gasteiger partial charge < -0.3 is 10.6 Å². The van der Waals surface area contributed by atoms with Gasteiger partial charge >= 0.3 is 0 Å². The maximum Gasteiger partial charge on any atom is 0.191 e. The normalized spacial score (nSPS) is 22.1. The Hall–Kier alpha value is -0.380. The Morgan fingerprint density at radius 1 is 1.64 bits per heavy atom. The summed E-state index contributed by atoms with van der Waals surface area (Å²) in [7, 11) is 0. The zero-order chi connectivity index (χ0) is 10.6. The van der Waals surface area contributed by atoms with Crippen molar-refractivity contribution in [2.75, 3.05) is 25.1 Å². The van der Waals surface area contributed by atoms with Crippen LogP contribution in [0.3, 0.4) is 0 Å². The molecule has 2 N–H and O–H groups in total. The lowest BCUT2D eigenvalue weighted by atomic mass is 9.93. The van der Waals surface area contributed by atoms with E-state index in [9.17, 15) is 0 Å². The fourth-order valence-corrected chi connectivity index (χ4v) is 1.93. The van der Waals surface area contributed by atoms with E-state index in [4.69, 9.17) is 0 Å². The van der Waals surface area contributed by atoms with Crippen molar-refractivity contribution in [3.63, 3.8) is 0 Å². The first-order valence-electron chi connectivity index (χ1n) is 5.07. The first-order valence-corrected chi connectivity index (χ1v) is 6.47. The molecule has 4 heteroatoms. The van der Waals surface area contributed by atoms with Crippen LogP contribution in [0.4, 0.5) is 0 Å². The molecule has 0 aromatic carbocycles. The Labute approximate surface area is 91.1 Å². The highest BCUT2D eigenvalue weighted by Gasteiger charge is 2.22. The molecule has 82 valence electrons. The van der Waals surface area contributed by atoms with Crippen LogP contribution in [0.15, 0.2) is 4.99 Å². The molecule has 3 nitrogen and oxygen atoms in total. The smallest absolute Gasteiger partial charge is 0.191 e. The van der Waals surface area contributed by atoms with Crippen LogP contribution in [0.5, 0.6) is 0 Å². The largest absolute Gasteiger partial charge is 0.356 e. The molecule has 0 aliphatic carbocycles. The Morgan fingerprint density at radius 3 is 2.86 bits per heavy atom. The monoisotopic (exact) mass is 215 g/mol. The fourth-order valence-electron chi connectivity index (χ4n) is 1.35. The van der Waals surface area contributed by atoms with Crippen LogP contribution in [0, 0.1) is 5.41 Å². The first kappa shape index (κ1) is 11.7. The van der Waals surface area contributed by atoms with E-state index in [2.05, 4.69) is 42.7 Å². The van der Waals surface area contributed by atoms with Crippen LogP contribution in [0.2, 0.25) is 0 Å². The second-order valence-electron chi connectivity index (χ2n) is 4.68.